The number of hydrogen-bond donors (Lipinski definition) is 2. The molecule has 0 aliphatic rings. The fourth-order valence-electron chi connectivity index (χ4n) is 2.05. The fraction of sp³-hybridized carbons (Fsp3) is 0.235. The average molecular weight is 348 g/mol. The van der Waals surface area contributed by atoms with E-state index in [1.54, 1.807) is 24.1 Å². The number of amides is 2. The highest BCUT2D eigenvalue weighted by atomic mass is 32.2. The third kappa shape index (κ3) is 5.41. The van der Waals surface area contributed by atoms with Gasteiger partial charge in [0.15, 0.2) is 0 Å². The Balaban J connectivity index is 1.85. The molecule has 6 heteroatoms. The predicted octanol–water partition coefficient (Wildman–Crippen LogP) is 3.65. The van der Waals surface area contributed by atoms with E-state index in [2.05, 4.69) is 10.6 Å². The lowest BCUT2D eigenvalue weighted by Crippen LogP contribution is -2.31. The van der Waals surface area contributed by atoms with Crippen LogP contribution in [0, 0.1) is 6.92 Å². The highest BCUT2D eigenvalue weighted by Crippen LogP contribution is 2.23. The fourth-order valence-corrected chi connectivity index (χ4v) is 3.61. The molecule has 0 radical (unpaired) electrons. The van der Waals surface area contributed by atoms with Gasteiger partial charge in [0.1, 0.15) is 0 Å². The van der Waals surface area contributed by atoms with Crippen molar-refractivity contribution >= 4 is 34.3 Å². The van der Waals surface area contributed by atoms with Crippen molar-refractivity contribution in [2.75, 3.05) is 23.9 Å². The van der Waals surface area contributed by atoms with Gasteiger partial charge >= 0.3 is 6.03 Å². The normalized spacial score (nSPS) is 11.7. The number of anilines is 1. The molecule has 2 amide bonds. The molecule has 0 fully saturated rings. The molecular weight excluding hydrogens is 328 g/mol. The number of aryl methyl sites for hydroxylation is 1. The first kappa shape index (κ1) is 17.6. The van der Waals surface area contributed by atoms with Gasteiger partial charge in [-0.3, -0.25) is 4.21 Å². The molecule has 1 unspecified atom stereocenters. The maximum atomic E-state index is 12.0. The standard InChI is InChI=1S/C17H20N2O2S2/c1-13-7-6-10-15(23(2)21)16(13)19-17(20)18-11-12-22-14-8-4-3-5-9-14/h3-10H,11-12H2,1-2H3,(H2,18,19,20). The van der Waals surface area contributed by atoms with E-state index in [0.29, 0.717) is 17.1 Å². The molecule has 2 rings (SSSR count). The molecule has 0 spiro atoms. The van der Waals surface area contributed by atoms with Crippen molar-refractivity contribution < 1.29 is 9.00 Å². The Morgan fingerprint density at radius 2 is 1.87 bits per heavy atom. The molecule has 23 heavy (non-hydrogen) atoms. The molecule has 1 atom stereocenters. The maximum Gasteiger partial charge on any atom is 0.319 e. The van der Waals surface area contributed by atoms with Crippen molar-refractivity contribution in [3.05, 3.63) is 54.1 Å². The van der Waals surface area contributed by atoms with Crippen LogP contribution in [0.4, 0.5) is 10.5 Å². The summed E-state index contributed by atoms with van der Waals surface area (Å²) in [5.74, 6) is 0.789. The summed E-state index contributed by atoms with van der Waals surface area (Å²) in [5.41, 5.74) is 1.52. The number of rotatable bonds is 6. The van der Waals surface area contributed by atoms with Gasteiger partial charge in [-0.1, -0.05) is 30.3 Å². The van der Waals surface area contributed by atoms with E-state index in [-0.39, 0.29) is 6.03 Å². The maximum absolute atomic E-state index is 12.0. The molecule has 2 aromatic carbocycles. The molecule has 0 aliphatic heterocycles. The van der Waals surface area contributed by atoms with Gasteiger partial charge in [-0.05, 0) is 30.7 Å². The molecular formula is C17H20N2O2S2. The zero-order valence-corrected chi connectivity index (χ0v) is 14.8. The van der Waals surface area contributed by atoms with Gasteiger partial charge in [0.25, 0.3) is 0 Å². The van der Waals surface area contributed by atoms with E-state index >= 15 is 0 Å². The molecule has 122 valence electrons. The van der Waals surface area contributed by atoms with E-state index in [1.807, 2.05) is 49.4 Å². The second-order valence-corrected chi connectivity index (χ2v) is 7.46. The number of thioether (sulfide) groups is 1. The Morgan fingerprint density at radius 3 is 2.57 bits per heavy atom. The highest BCUT2D eigenvalue weighted by Gasteiger charge is 2.11. The Labute approximate surface area is 143 Å². The quantitative estimate of drug-likeness (QED) is 0.619. The van der Waals surface area contributed by atoms with Crippen molar-refractivity contribution in [3.8, 4) is 0 Å². The number of para-hydroxylation sites is 1. The Hall–Kier alpha value is -1.79. The van der Waals surface area contributed by atoms with Crippen molar-refractivity contribution in [3.63, 3.8) is 0 Å². The number of carbonyl (C=O) groups is 1. The number of urea groups is 1. The minimum atomic E-state index is -1.15. The Morgan fingerprint density at radius 1 is 1.13 bits per heavy atom. The number of nitrogens with one attached hydrogen (secondary N) is 2. The SMILES string of the molecule is Cc1cccc(S(C)=O)c1NC(=O)NCCSc1ccccc1. The molecule has 4 nitrogen and oxygen atoms in total. The minimum absolute atomic E-state index is 0.278. The van der Waals surface area contributed by atoms with Crippen LogP contribution >= 0.6 is 11.8 Å². The topological polar surface area (TPSA) is 58.2 Å². The van der Waals surface area contributed by atoms with Gasteiger partial charge in [-0.15, -0.1) is 11.8 Å². The third-order valence-corrected chi connectivity index (χ3v) is 5.16. The van der Waals surface area contributed by atoms with Gasteiger partial charge in [-0.2, -0.15) is 0 Å². The average Bonchev–Trinajstić information content (AvgIpc) is 2.54. The van der Waals surface area contributed by atoms with Gasteiger partial charge in [0, 0.05) is 23.4 Å². The first-order valence-electron chi connectivity index (χ1n) is 7.23. The van der Waals surface area contributed by atoms with E-state index in [1.165, 1.54) is 4.90 Å². The van der Waals surface area contributed by atoms with Crippen molar-refractivity contribution in [1.29, 1.82) is 0 Å². The lowest BCUT2D eigenvalue weighted by Gasteiger charge is -2.13. The minimum Gasteiger partial charge on any atom is -0.337 e. The number of benzene rings is 2. The van der Waals surface area contributed by atoms with Crippen LogP contribution in [0.2, 0.25) is 0 Å². The van der Waals surface area contributed by atoms with Crippen LogP contribution in [0.1, 0.15) is 5.56 Å². The summed E-state index contributed by atoms with van der Waals surface area (Å²) < 4.78 is 11.8. The van der Waals surface area contributed by atoms with Crippen LogP contribution in [0.3, 0.4) is 0 Å². The molecule has 0 aromatic heterocycles. The van der Waals surface area contributed by atoms with E-state index in [9.17, 15) is 9.00 Å². The summed E-state index contributed by atoms with van der Waals surface area (Å²) in [6.45, 7) is 2.44. The van der Waals surface area contributed by atoms with Gasteiger partial charge in [0.2, 0.25) is 0 Å². The van der Waals surface area contributed by atoms with Crippen LogP contribution in [0.25, 0.3) is 0 Å². The Kier molecular flexibility index (Phi) is 6.67. The smallest absolute Gasteiger partial charge is 0.319 e. The number of carbonyl (C=O) groups excluding carboxylic acids is 1. The number of hydrogen-bond acceptors (Lipinski definition) is 3. The zero-order valence-electron chi connectivity index (χ0n) is 13.2. The molecule has 0 saturated heterocycles. The zero-order chi connectivity index (χ0) is 16.7. The molecule has 0 aliphatic carbocycles. The van der Waals surface area contributed by atoms with Crippen molar-refractivity contribution in [2.24, 2.45) is 0 Å². The summed E-state index contributed by atoms with van der Waals surface area (Å²) in [5, 5.41) is 5.63. The van der Waals surface area contributed by atoms with Crippen LogP contribution in [0.15, 0.2) is 58.3 Å². The molecule has 0 saturated carbocycles. The van der Waals surface area contributed by atoms with Gasteiger partial charge in [0.05, 0.1) is 21.4 Å². The van der Waals surface area contributed by atoms with E-state index in [0.717, 1.165) is 11.3 Å². The molecule has 2 N–H and O–H groups in total. The lowest BCUT2D eigenvalue weighted by atomic mass is 10.2. The molecule has 2 aromatic rings. The summed E-state index contributed by atoms with van der Waals surface area (Å²) in [6.07, 6.45) is 1.61. The van der Waals surface area contributed by atoms with Crippen LogP contribution in [-0.4, -0.2) is 28.8 Å². The van der Waals surface area contributed by atoms with Crippen LogP contribution in [-0.2, 0) is 10.8 Å². The second-order valence-electron chi connectivity index (χ2n) is 4.94. The summed E-state index contributed by atoms with van der Waals surface area (Å²) in [6, 6.07) is 15.3. The molecule has 0 heterocycles. The monoisotopic (exact) mass is 348 g/mol. The summed E-state index contributed by atoms with van der Waals surface area (Å²) in [4.78, 5) is 13.8. The summed E-state index contributed by atoms with van der Waals surface area (Å²) in [7, 11) is -1.15. The first-order valence-corrected chi connectivity index (χ1v) is 9.78. The van der Waals surface area contributed by atoms with Crippen LogP contribution < -0.4 is 10.6 Å². The molecule has 0 bridgehead atoms. The van der Waals surface area contributed by atoms with Crippen molar-refractivity contribution in [2.45, 2.75) is 16.7 Å². The first-order chi connectivity index (χ1) is 11.1. The van der Waals surface area contributed by atoms with Gasteiger partial charge < -0.3 is 10.6 Å². The largest absolute Gasteiger partial charge is 0.337 e. The highest BCUT2D eigenvalue weighted by molar-refractivity contribution is 7.99. The van der Waals surface area contributed by atoms with E-state index < -0.39 is 10.8 Å². The van der Waals surface area contributed by atoms with Gasteiger partial charge in [-0.25, -0.2) is 4.79 Å². The predicted molar refractivity (Wildman–Crippen MR) is 97.7 cm³/mol. The van der Waals surface area contributed by atoms with Crippen LogP contribution in [0.5, 0.6) is 0 Å². The summed E-state index contributed by atoms with van der Waals surface area (Å²) >= 11 is 1.69. The van der Waals surface area contributed by atoms with E-state index in [4.69, 9.17) is 0 Å². The van der Waals surface area contributed by atoms with Crippen molar-refractivity contribution in [1.82, 2.24) is 5.32 Å². The third-order valence-electron chi connectivity index (χ3n) is 3.18. The lowest BCUT2D eigenvalue weighted by molar-refractivity contribution is 0.252. The second kappa shape index (κ2) is 8.74. The Bertz CT molecular complexity index is 690.